The van der Waals surface area contributed by atoms with E-state index in [4.69, 9.17) is 5.73 Å². The zero-order valence-corrected chi connectivity index (χ0v) is 10.2. The van der Waals surface area contributed by atoms with Crippen LogP contribution in [0.25, 0.3) is 0 Å². The summed E-state index contributed by atoms with van der Waals surface area (Å²) in [6, 6.07) is 5.57. The van der Waals surface area contributed by atoms with E-state index in [9.17, 15) is 4.79 Å². The Kier molecular flexibility index (Phi) is 3.43. The number of aromatic nitrogens is 1. The molecule has 92 valence electrons. The van der Waals surface area contributed by atoms with E-state index in [-0.39, 0.29) is 11.4 Å². The third-order valence-electron chi connectivity index (χ3n) is 3.27. The number of anilines is 1. The third-order valence-corrected chi connectivity index (χ3v) is 3.27. The Morgan fingerprint density at radius 1 is 1.47 bits per heavy atom. The van der Waals surface area contributed by atoms with E-state index in [1.807, 2.05) is 19.1 Å². The number of nitrogens with zero attached hydrogens (tertiary/aromatic N) is 1. The lowest BCUT2D eigenvalue weighted by molar-refractivity contribution is -0.117. The van der Waals surface area contributed by atoms with Crippen molar-refractivity contribution >= 4 is 11.7 Å². The van der Waals surface area contributed by atoms with Crippen molar-refractivity contribution in [1.82, 2.24) is 4.98 Å². The summed E-state index contributed by atoms with van der Waals surface area (Å²) in [5.74, 6) is 0.573. The van der Waals surface area contributed by atoms with Crippen LogP contribution in [0, 0.1) is 6.92 Å². The Balaban J connectivity index is 1.93. The molecule has 0 bridgehead atoms. The molecule has 4 heteroatoms. The average molecular weight is 233 g/mol. The molecule has 1 aromatic rings. The van der Waals surface area contributed by atoms with Crippen LogP contribution in [0.15, 0.2) is 18.2 Å². The summed E-state index contributed by atoms with van der Waals surface area (Å²) in [5, 5.41) is 2.80. The number of pyridine rings is 1. The standard InChI is InChI=1S/C13H19N3O/c1-10-5-4-6-11(15-10)16-12(17)9-13(14)7-2-3-8-13/h4-6H,2-3,7-9,14H2,1H3,(H,15,16,17). The number of aryl methyl sites for hydroxylation is 1. The van der Waals surface area contributed by atoms with Crippen molar-refractivity contribution in [3.8, 4) is 0 Å². The van der Waals surface area contributed by atoms with Crippen molar-refractivity contribution in [2.75, 3.05) is 5.32 Å². The Morgan fingerprint density at radius 2 is 2.18 bits per heavy atom. The van der Waals surface area contributed by atoms with Gasteiger partial charge in [0.25, 0.3) is 0 Å². The second-order valence-electron chi connectivity index (χ2n) is 4.96. The van der Waals surface area contributed by atoms with Gasteiger partial charge in [-0.25, -0.2) is 4.98 Å². The molecule has 17 heavy (non-hydrogen) atoms. The Morgan fingerprint density at radius 3 is 2.82 bits per heavy atom. The number of nitrogens with two attached hydrogens (primary N) is 1. The number of rotatable bonds is 3. The molecule has 0 radical (unpaired) electrons. The largest absolute Gasteiger partial charge is 0.325 e. The lowest BCUT2D eigenvalue weighted by atomic mass is 9.94. The van der Waals surface area contributed by atoms with E-state index in [0.717, 1.165) is 31.4 Å². The first-order valence-electron chi connectivity index (χ1n) is 6.10. The van der Waals surface area contributed by atoms with E-state index in [1.165, 1.54) is 0 Å². The molecule has 3 N–H and O–H groups in total. The molecule has 1 fully saturated rings. The van der Waals surface area contributed by atoms with E-state index in [1.54, 1.807) is 6.07 Å². The van der Waals surface area contributed by atoms with Crippen LogP contribution in [0.1, 0.15) is 37.8 Å². The molecule has 0 unspecified atom stereocenters. The van der Waals surface area contributed by atoms with Crippen LogP contribution in [0.4, 0.5) is 5.82 Å². The second-order valence-corrected chi connectivity index (χ2v) is 4.96. The van der Waals surface area contributed by atoms with Gasteiger partial charge >= 0.3 is 0 Å². The molecule has 0 saturated heterocycles. The van der Waals surface area contributed by atoms with Crippen LogP contribution in [-0.2, 0) is 4.79 Å². The minimum atomic E-state index is -0.298. The minimum absolute atomic E-state index is 0.0347. The minimum Gasteiger partial charge on any atom is -0.325 e. The number of carbonyl (C=O) groups is 1. The predicted octanol–water partition coefficient (Wildman–Crippen LogP) is 1.99. The fourth-order valence-corrected chi connectivity index (χ4v) is 2.38. The maximum Gasteiger partial charge on any atom is 0.227 e. The van der Waals surface area contributed by atoms with Crippen molar-refractivity contribution in [2.24, 2.45) is 5.73 Å². The van der Waals surface area contributed by atoms with Gasteiger partial charge in [0.2, 0.25) is 5.91 Å². The molecule has 1 heterocycles. The Labute approximate surface area is 102 Å². The summed E-state index contributed by atoms with van der Waals surface area (Å²) in [7, 11) is 0. The van der Waals surface area contributed by atoms with Gasteiger partial charge in [-0.15, -0.1) is 0 Å². The Hall–Kier alpha value is -1.42. The number of nitrogens with one attached hydrogen (secondary N) is 1. The van der Waals surface area contributed by atoms with Crippen molar-refractivity contribution in [1.29, 1.82) is 0 Å². The fourth-order valence-electron chi connectivity index (χ4n) is 2.38. The topological polar surface area (TPSA) is 68.0 Å². The van der Waals surface area contributed by atoms with E-state index >= 15 is 0 Å². The maximum absolute atomic E-state index is 11.9. The predicted molar refractivity (Wildman–Crippen MR) is 67.6 cm³/mol. The van der Waals surface area contributed by atoms with Crippen LogP contribution < -0.4 is 11.1 Å². The lowest BCUT2D eigenvalue weighted by Gasteiger charge is -2.22. The molecule has 0 aromatic carbocycles. The molecule has 1 aliphatic rings. The highest BCUT2D eigenvalue weighted by Gasteiger charge is 2.31. The van der Waals surface area contributed by atoms with Gasteiger partial charge in [-0.1, -0.05) is 18.9 Å². The molecule has 4 nitrogen and oxygen atoms in total. The van der Waals surface area contributed by atoms with Crippen LogP contribution in [0.5, 0.6) is 0 Å². The fraction of sp³-hybridized carbons (Fsp3) is 0.538. The summed E-state index contributed by atoms with van der Waals surface area (Å²) in [6.45, 7) is 1.90. The molecular weight excluding hydrogens is 214 g/mol. The van der Waals surface area contributed by atoms with Gasteiger partial charge < -0.3 is 11.1 Å². The first kappa shape index (κ1) is 12.0. The first-order valence-corrected chi connectivity index (χ1v) is 6.10. The molecule has 2 rings (SSSR count). The van der Waals surface area contributed by atoms with Crippen molar-refractivity contribution < 1.29 is 4.79 Å². The molecule has 1 saturated carbocycles. The summed E-state index contributed by atoms with van der Waals surface area (Å²) < 4.78 is 0. The second kappa shape index (κ2) is 4.84. The molecule has 0 spiro atoms. The van der Waals surface area contributed by atoms with Crippen molar-refractivity contribution in [2.45, 2.75) is 44.6 Å². The Bertz CT molecular complexity index is 411. The molecule has 0 atom stereocenters. The van der Waals surface area contributed by atoms with Gasteiger partial charge in [0.1, 0.15) is 5.82 Å². The van der Waals surface area contributed by atoms with E-state index in [2.05, 4.69) is 10.3 Å². The van der Waals surface area contributed by atoms with Gasteiger partial charge in [-0.2, -0.15) is 0 Å². The number of hydrogen-bond donors (Lipinski definition) is 2. The highest BCUT2D eigenvalue weighted by atomic mass is 16.1. The summed E-state index contributed by atoms with van der Waals surface area (Å²) in [4.78, 5) is 16.1. The van der Waals surface area contributed by atoms with Gasteiger partial charge in [0.15, 0.2) is 0 Å². The summed E-state index contributed by atoms with van der Waals surface area (Å²) in [6.07, 6.45) is 4.55. The van der Waals surface area contributed by atoms with E-state index < -0.39 is 0 Å². The number of carbonyl (C=O) groups excluding carboxylic acids is 1. The van der Waals surface area contributed by atoms with Crippen molar-refractivity contribution in [3.63, 3.8) is 0 Å². The molecular formula is C13H19N3O. The molecule has 1 aromatic heterocycles. The zero-order valence-electron chi connectivity index (χ0n) is 10.2. The van der Waals surface area contributed by atoms with Crippen LogP contribution in [-0.4, -0.2) is 16.4 Å². The normalized spacial score (nSPS) is 18.0. The van der Waals surface area contributed by atoms with Crippen LogP contribution >= 0.6 is 0 Å². The van der Waals surface area contributed by atoms with E-state index in [0.29, 0.717) is 12.2 Å². The van der Waals surface area contributed by atoms with Gasteiger partial charge in [0, 0.05) is 17.7 Å². The lowest BCUT2D eigenvalue weighted by Crippen LogP contribution is -2.40. The van der Waals surface area contributed by atoms with Gasteiger partial charge in [0.05, 0.1) is 0 Å². The number of hydrogen-bond acceptors (Lipinski definition) is 3. The smallest absolute Gasteiger partial charge is 0.227 e. The van der Waals surface area contributed by atoms with Gasteiger partial charge in [-0.3, -0.25) is 4.79 Å². The monoisotopic (exact) mass is 233 g/mol. The van der Waals surface area contributed by atoms with Gasteiger partial charge in [-0.05, 0) is 31.9 Å². The molecule has 0 aliphatic heterocycles. The highest BCUT2D eigenvalue weighted by molar-refractivity contribution is 5.90. The first-order chi connectivity index (χ1) is 8.07. The SMILES string of the molecule is Cc1cccc(NC(=O)CC2(N)CCCC2)n1. The van der Waals surface area contributed by atoms with Crippen molar-refractivity contribution in [3.05, 3.63) is 23.9 Å². The molecule has 1 amide bonds. The van der Waals surface area contributed by atoms with Crippen LogP contribution in [0.2, 0.25) is 0 Å². The number of amides is 1. The third kappa shape index (κ3) is 3.27. The summed E-state index contributed by atoms with van der Waals surface area (Å²) in [5.41, 5.74) is 6.76. The average Bonchev–Trinajstić information content (AvgIpc) is 2.64. The van der Waals surface area contributed by atoms with Crippen LogP contribution in [0.3, 0.4) is 0 Å². The highest BCUT2D eigenvalue weighted by Crippen LogP contribution is 2.30. The molecule has 1 aliphatic carbocycles. The quantitative estimate of drug-likeness (QED) is 0.839. The maximum atomic E-state index is 11.9. The summed E-state index contributed by atoms with van der Waals surface area (Å²) >= 11 is 0. The zero-order chi connectivity index (χ0) is 12.3.